The molecule has 2 rings (SSSR count). The lowest BCUT2D eigenvalue weighted by molar-refractivity contribution is 0.552. The topological polar surface area (TPSA) is 37.8 Å². The maximum Gasteiger partial charge on any atom is 0.117 e. The number of thioether (sulfide) groups is 1. The van der Waals surface area contributed by atoms with Crippen molar-refractivity contribution in [2.24, 2.45) is 5.92 Å². The van der Waals surface area contributed by atoms with Crippen LogP contribution in [0.15, 0.2) is 35.6 Å². The van der Waals surface area contributed by atoms with Crippen LogP contribution in [0.2, 0.25) is 0 Å². The number of para-hydroxylation sites is 1. The van der Waals surface area contributed by atoms with Gasteiger partial charge in [0.15, 0.2) is 0 Å². The van der Waals surface area contributed by atoms with Gasteiger partial charge in [0, 0.05) is 11.1 Å². The minimum Gasteiger partial charge on any atom is -0.316 e. The van der Waals surface area contributed by atoms with E-state index in [1.165, 1.54) is 0 Å². The smallest absolute Gasteiger partial charge is 0.117 e. The molecule has 1 aromatic heterocycles. The van der Waals surface area contributed by atoms with Crippen molar-refractivity contribution in [3.8, 4) is 0 Å². The quantitative estimate of drug-likeness (QED) is 0.478. The molecule has 3 nitrogen and oxygen atoms in total. The van der Waals surface area contributed by atoms with Crippen LogP contribution >= 0.6 is 11.8 Å². The zero-order valence-corrected chi connectivity index (χ0v) is 12.4. The maximum absolute atomic E-state index is 4.38. The Morgan fingerprint density at radius 3 is 2.89 bits per heavy atom. The molecular weight excluding hydrogens is 254 g/mol. The van der Waals surface area contributed by atoms with E-state index in [0.717, 1.165) is 47.1 Å². The summed E-state index contributed by atoms with van der Waals surface area (Å²) in [7, 11) is 0. The SMILES string of the molecule is CC(C)CNCCCSc1ncnc2ccccc12. The Balaban J connectivity index is 1.82. The highest BCUT2D eigenvalue weighted by Gasteiger charge is 2.03. The molecule has 0 bridgehead atoms. The molecule has 0 radical (unpaired) electrons. The van der Waals surface area contributed by atoms with E-state index < -0.39 is 0 Å². The lowest BCUT2D eigenvalue weighted by atomic mass is 10.2. The van der Waals surface area contributed by atoms with Crippen molar-refractivity contribution in [2.45, 2.75) is 25.3 Å². The Morgan fingerprint density at radius 2 is 2.05 bits per heavy atom. The molecule has 0 unspecified atom stereocenters. The van der Waals surface area contributed by atoms with Crippen LogP contribution in [0.3, 0.4) is 0 Å². The first-order valence-corrected chi connectivity index (χ1v) is 7.79. The first-order valence-electron chi connectivity index (χ1n) is 6.80. The summed E-state index contributed by atoms with van der Waals surface area (Å²) in [4.78, 5) is 8.67. The molecule has 2 aromatic rings. The zero-order valence-electron chi connectivity index (χ0n) is 11.6. The van der Waals surface area contributed by atoms with Crippen LogP contribution in [0.1, 0.15) is 20.3 Å². The molecule has 0 atom stereocenters. The van der Waals surface area contributed by atoms with Gasteiger partial charge in [-0.2, -0.15) is 0 Å². The molecule has 4 heteroatoms. The molecule has 0 saturated heterocycles. The van der Waals surface area contributed by atoms with Gasteiger partial charge in [-0.1, -0.05) is 32.0 Å². The average molecular weight is 275 g/mol. The van der Waals surface area contributed by atoms with Crippen LogP contribution in [0.5, 0.6) is 0 Å². The van der Waals surface area contributed by atoms with Gasteiger partial charge in [-0.3, -0.25) is 0 Å². The lowest BCUT2D eigenvalue weighted by Crippen LogP contribution is -2.21. The van der Waals surface area contributed by atoms with E-state index in [-0.39, 0.29) is 0 Å². The summed E-state index contributed by atoms with van der Waals surface area (Å²) in [5.41, 5.74) is 1.03. The van der Waals surface area contributed by atoms with E-state index in [0.29, 0.717) is 0 Å². The number of nitrogens with zero attached hydrogens (tertiary/aromatic N) is 2. The Kier molecular flexibility index (Phi) is 5.61. The molecule has 0 fully saturated rings. The third kappa shape index (κ3) is 4.48. The van der Waals surface area contributed by atoms with Crippen LogP contribution in [0, 0.1) is 5.92 Å². The second kappa shape index (κ2) is 7.46. The summed E-state index contributed by atoms with van der Waals surface area (Å²) in [6.45, 7) is 6.64. The third-order valence-electron chi connectivity index (χ3n) is 2.80. The molecular formula is C15H21N3S. The molecule has 0 amide bonds. The van der Waals surface area contributed by atoms with Gasteiger partial charge in [0.05, 0.1) is 5.52 Å². The number of fused-ring (bicyclic) bond motifs is 1. The van der Waals surface area contributed by atoms with Crippen molar-refractivity contribution in [1.82, 2.24) is 15.3 Å². The van der Waals surface area contributed by atoms with Gasteiger partial charge in [0.25, 0.3) is 0 Å². The van der Waals surface area contributed by atoms with Gasteiger partial charge in [0.2, 0.25) is 0 Å². The molecule has 0 saturated carbocycles. The maximum atomic E-state index is 4.38. The van der Waals surface area contributed by atoms with Gasteiger partial charge < -0.3 is 5.32 Å². The highest BCUT2D eigenvalue weighted by molar-refractivity contribution is 7.99. The van der Waals surface area contributed by atoms with Crippen LogP contribution in [0.25, 0.3) is 10.9 Å². The van der Waals surface area contributed by atoms with E-state index in [9.17, 15) is 0 Å². The Morgan fingerprint density at radius 1 is 1.21 bits per heavy atom. The predicted octanol–water partition coefficient (Wildman–Crippen LogP) is 3.36. The van der Waals surface area contributed by atoms with E-state index in [4.69, 9.17) is 0 Å². The molecule has 0 aliphatic carbocycles. The molecule has 0 spiro atoms. The van der Waals surface area contributed by atoms with Crippen molar-refractivity contribution in [3.63, 3.8) is 0 Å². The molecule has 1 N–H and O–H groups in total. The monoisotopic (exact) mass is 275 g/mol. The van der Waals surface area contributed by atoms with Gasteiger partial charge in [-0.25, -0.2) is 9.97 Å². The minimum absolute atomic E-state index is 0.721. The van der Waals surface area contributed by atoms with E-state index in [2.05, 4.69) is 35.2 Å². The molecule has 1 aromatic carbocycles. The van der Waals surface area contributed by atoms with Crippen molar-refractivity contribution in [1.29, 1.82) is 0 Å². The fourth-order valence-corrected chi connectivity index (χ4v) is 2.78. The number of benzene rings is 1. The standard InChI is InChI=1S/C15H21N3S/c1-12(2)10-16-8-5-9-19-15-13-6-3-4-7-14(13)17-11-18-15/h3-4,6-7,11-12,16H,5,8-10H2,1-2H3. The fourth-order valence-electron chi connectivity index (χ4n) is 1.85. The highest BCUT2D eigenvalue weighted by atomic mass is 32.2. The van der Waals surface area contributed by atoms with Gasteiger partial charge in [-0.05, 0) is 31.5 Å². The second-order valence-electron chi connectivity index (χ2n) is 5.00. The van der Waals surface area contributed by atoms with E-state index in [1.54, 1.807) is 6.33 Å². The van der Waals surface area contributed by atoms with Gasteiger partial charge in [-0.15, -0.1) is 11.8 Å². The van der Waals surface area contributed by atoms with E-state index >= 15 is 0 Å². The predicted molar refractivity (Wildman–Crippen MR) is 82.6 cm³/mol. The second-order valence-corrected chi connectivity index (χ2v) is 6.08. The molecule has 19 heavy (non-hydrogen) atoms. The van der Waals surface area contributed by atoms with Crippen molar-refractivity contribution < 1.29 is 0 Å². The van der Waals surface area contributed by atoms with Crippen molar-refractivity contribution >= 4 is 22.7 Å². The summed E-state index contributed by atoms with van der Waals surface area (Å²) in [6, 6.07) is 8.18. The number of aromatic nitrogens is 2. The number of hydrogen-bond acceptors (Lipinski definition) is 4. The van der Waals surface area contributed by atoms with Gasteiger partial charge in [0.1, 0.15) is 11.4 Å². The normalized spacial score (nSPS) is 11.3. The minimum atomic E-state index is 0.721. The first kappa shape index (κ1) is 14.3. The summed E-state index contributed by atoms with van der Waals surface area (Å²) in [5, 5.41) is 5.71. The molecule has 0 aliphatic rings. The number of hydrogen-bond donors (Lipinski definition) is 1. The zero-order chi connectivity index (χ0) is 13.5. The Bertz CT molecular complexity index is 508. The highest BCUT2D eigenvalue weighted by Crippen LogP contribution is 2.24. The van der Waals surface area contributed by atoms with Crippen molar-refractivity contribution in [2.75, 3.05) is 18.8 Å². The van der Waals surface area contributed by atoms with Crippen LogP contribution in [-0.2, 0) is 0 Å². The first-order chi connectivity index (χ1) is 9.27. The summed E-state index contributed by atoms with van der Waals surface area (Å²) in [6.07, 6.45) is 2.82. The van der Waals surface area contributed by atoms with Crippen molar-refractivity contribution in [3.05, 3.63) is 30.6 Å². The van der Waals surface area contributed by atoms with E-state index in [1.807, 2.05) is 30.0 Å². The Hall–Kier alpha value is -1.13. The van der Waals surface area contributed by atoms with Crippen LogP contribution in [-0.4, -0.2) is 28.8 Å². The number of nitrogens with one attached hydrogen (secondary N) is 1. The molecule has 0 aliphatic heterocycles. The van der Waals surface area contributed by atoms with Crippen LogP contribution < -0.4 is 5.32 Å². The molecule has 1 heterocycles. The number of rotatable bonds is 7. The fraction of sp³-hybridized carbons (Fsp3) is 0.467. The largest absolute Gasteiger partial charge is 0.316 e. The molecule has 102 valence electrons. The summed E-state index contributed by atoms with van der Waals surface area (Å²) in [5.74, 6) is 1.81. The summed E-state index contributed by atoms with van der Waals surface area (Å²) < 4.78 is 0. The Labute approximate surface area is 119 Å². The third-order valence-corrected chi connectivity index (χ3v) is 3.89. The average Bonchev–Trinajstić information content (AvgIpc) is 2.42. The summed E-state index contributed by atoms with van der Waals surface area (Å²) >= 11 is 1.82. The lowest BCUT2D eigenvalue weighted by Gasteiger charge is -2.07. The van der Waals surface area contributed by atoms with Crippen LogP contribution in [0.4, 0.5) is 0 Å². The van der Waals surface area contributed by atoms with Gasteiger partial charge >= 0.3 is 0 Å².